The Kier molecular flexibility index (Phi) is 9.82. The minimum Gasteiger partial charge on any atom is -0.365 e. The Balaban J connectivity index is 2.69. The van der Waals surface area contributed by atoms with Crippen LogP contribution in [-0.2, 0) is 0 Å². The van der Waals surface area contributed by atoms with Crippen LogP contribution in [0.3, 0.4) is 0 Å². The number of hydrogen-bond acceptors (Lipinski definition) is 4. The second-order valence-electron chi connectivity index (χ2n) is 2.24. The van der Waals surface area contributed by atoms with Gasteiger partial charge >= 0.3 is 0 Å². The number of hydrogen-bond donors (Lipinski definition) is 4. The molecule has 0 aromatic heterocycles. The summed E-state index contributed by atoms with van der Waals surface area (Å²) in [5.41, 5.74) is 5.28. The van der Waals surface area contributed by atoms with Crippen LogP contribution in [0.15, 0.2) is 0 Å². The van der Waals surface area contributed by atoms with Gasteiger partial charge in [-0.15, -0.1) is 0 Å². The van der Waals surface area contributed by atoms with Gasteiger partial charge in [-0.2, -0.15) is 0 Å². The molecule has 0 rings (SSSR count). The monoisotopic (exact) mass is 156 g/mol. The molecule has 0 unspecified atom stereocenters. The van der Waals surface area contributed by atoms with Crippen molar-refractivity contribution in [2.45, 2.75) is 0 Å². The maximum atomic E-state index is 5.28. The van der Waals surface area contributed by atoms with Gasteiger partial charge in [0.25, 0.3) is 0 Å². The third-order valence-electron chi connectivity index (χ3n) is 1.25. The topological polar surface area (TPSA) is 62.1 Å². The molecule has 0 aliphatic heterocycles. The van der Waals surface area contributed by atoms with Crippen LogP contribution in [-0.4, -0.2) is 47.2 Å². The van der Waals surface area contributed by atoms with Crippen molar-refractivity contribution in [1.29, 1.82) is 0 Å². The van der Waals surface area contributed by atoms with E-state index in [0.717, 1.165) is 32.7 Å². The van der Waals surface area contributed by atoms with Crippen molar-refractivity contribution in [3.8, 4) is 0 Å². The Hall–Kier alpha value is -0.0951. The Labute approximate surface area is 69.7 Å². The maximum absolute atomic E-state index is 5.28. The van der Waals surface area contributed by atoms with Crippen molar-refractivity contribution in [2.75, 3.05) is 39.3 Å². The highest BCUT2D eigenvalue weighted by atomic mass is 15.0. The molecule has 64 valence electrons. The molecule has 0 heterocycles. The zero-order valence-electron chi connectivity index (χ0n) is 6.90. The molecule has 11 heavy (non-hydrogen) atoms. The summed E-state index contributed by atoms with van der Waals surface area (Å²) >= 11 is 0. The second-order valence-corrected chi connectivity index (χ2v) is 2.24. The largest absolute Gasteiger partial charge is 0.365 e. The summed E-state index contributed by atoms with van der Waals surface area (Å²) in [6, 6.07) is 0. The molecule has 0 aromatic carbocycles. The number of nitrogens with two attached hydrogens (primary N) is 1. The predicted octanol–water partition coefficient (Wildman–Crippen LogP) is -2.20. The Morgan fingerprint density at radius 2 is 1.45 bits per heavy atom. The molecule has 0 saturated heterocycles. The van der Waals surface area contributed by atoms with Gasteiger partial charge in [0.1, 0.15) is 0 Å². The molecule has 2 radical (unpaired) electrons. The van der Waals surface area contributed by atoms with Crippen molar-refractivity contribution in [2.24, 2.45) is 5.73 Å². The van der Waals surface area contributed by atoms with E-state index in [1.807, 2.05) is 0 Å². The maximum Gasteiger partial charge on any atom is 0.177 e. The summed E-state index contributed by atoms with van der Waals surface area (Å²) in [5, 5.41) is 8.94. The molecule has 0 spiro atoms. The molecule has 0 saturated carbocycles. The minimum absolute atomic E-state index is 0.699. The third-order valence-corrected chi connectivity index (χ3v) is 1.25. The average Bonchev–Trinajstić information content (AvgIpc) is 2.03. The zero-order chi connectivity index (χ0) is 8.36. The fourth-order valence-electron chi connectivity index (χ4n) is 0.689. The van der Waals surface area contributed by atoms with Gasteiger partial charge in [0.2, 0.25) is 0 Å². The molecular formula is C6H17BN4. The third kappa shape index (κ3) is 9.90. The zero-order valence-corrected chi connectivity index (χ0v) is 6.90. The lowest BCUT2D eigenvalue weighted by Gasteiger charge is -2.04. The summed E-state index contributed by atoms with van der Waals surface area (Å²) in [5.74, 6) is 0. The molecule has 0 fully saturated rings. The molecule has 0 aromatic rings. The number of rotatable bonds is 8. The van der Waals surface area contributed by atoms with E-state index in [0.29, 0.717) is 6.54 Å². The van der Waals surface area contributed by atoms with Crippen LogP contribution in [0.1, 0.15) is 0 Å². The molecule has 0 atom stereocenters. The van der Waals surface area contributed by atoms with Gasteiger partial charge in [-0.25, -0.2) is 0 Å². The van der Waals surface area contributed by atoms with Gasteiger partial charge in [0.05, 0.1) is 0 Å². The predicted molar refractivity (Wildman–Crippen MR) is 48.6 cm³/mol. The first-order valence-electron chi connectivity index (χ1n) is 3.96. The SMILES string of the molecule is [B]NCCNCCNCCN. The molecule has 4 nitrogen and oxygen atoms in total. The molecule has 5 heteroatoms. The highest BCUT2D eigenvalue weighted by Crippen LogP contribution is 1.58. The molecule has 5 N–H and O–H groups in total. The first kappa shape index (κ1) is 10.9. The van der Waals surface area contributed by atoms with Crippen LogP contribution in [0, 0.1) is 0 Å². The summed E-state index contributed by atoms with van der Waals surface area (Å²) in [6.07, 6.45) is 0. The second kappa shape index (κ2) is 9.90. The van der Waals surface area contributed by atoms with Crippen LogP contribution in [0.4, 0.5) is 0 Å². The van der Waals surface area contributed by atoms with Crippen molar-refractivity contribution in [3.63, 3.8) is 0 Å². The quantitative estimate of drug-likeness (QED) is 0.238. The molecule has 0 aliphatic rings. The normalized spacial score (nSPS) is 10.3. The van der Waals surface area contributed by atoms with Crippen LogP contribution in [0.5, 0.6) is 0 Å². The van der Waals surface area contributed by atoms with E-state index in [1.54, 1.807) is 0 Å². The number of nitrogens with one attached hydrogen (secondary N) is 3. The van der Waals surface area contributed by atoms with Crippen molar-refractivity contribution in [1.82, 2.24) is 15.9 Å². The highest BCUT2D eigenvalue weighted by molar-refractivity contribution is 6.04. The Morgan fingerprint density at radius 3 is 2.00 bits per heavy atom. The first-order chi connectivity index (χ1) is 5.41. The van der Waals surface area contributed by atoms with Gasteiger partial charge in [-0.05, 0) is 6.54 Å². The Bertz CT molecular complexity index is 63.6. The summed E-state index contributed by atoms with van der Waals surface area (Å²) in [6.45, 7) is 5.21. The van der Waals surface area contributed by atoms with Crippen molar-refractivity contribution in [3.05, 3.63) is 0 Å². The summed E-state index contributed by atoms with van der Waals surface area (Å²) in [7, 11) is 5.07. The summed E-state index contributed by atoms with van der Waals surface area (Å²) in [4.78, 5) is 0. The highest BCUT2D eigenvalue weighted by Gasteiger charge is 1.85. The fourth-order valence-corrected chi connectivity index (χ4v) is 0.689. The van der Waals surface area contributed by atoms with E-state index in [1.165, 1.54) is 0 Å². The van der Waals surface area contributed by atoms with Crippen LogP contribution >= 0.6 is 0 Å². The van der Waals surface area contributed by atoms with Gasteiger partial charge in [0.15, 0.2) is 7.98 Å². The molecular weight excluding hydrogens is 139 g/mol. The molecule has 0 bridgehead atoms. The average molecular weight is 156 g/mol. The first-order valence-corrected chi connectivity index (χ1v) is 3.96. The smallest absolute Gasteiger partial charge is 0.177 e. The molecule has 0 amide bonds. The van der Waals surface area contributed by atoms with Crippen molar-refractivity contribution >= 4 is 7.98 Å². The van der Waals surface area contributed by atoms with Gasteiger partial charge < -0.3 is 21.6 Å². The van der Waals surface area contributed by atoms with Gasteiger partial charge in [0, 0.05) is 32.7 Å². The van der Waals surface area contributed by atoms with E-state index in [4.69, 9.17) is 13.7 Å². The minimum atomic E-state index is 0.699. The van der Waals surface area contributed by atoms with Crippen molar-refractivity contribution < 1.29 is 0 Å². The van der Waals surface area contributed by atoms with E-state index in [2.05, 4.69) is 15.9 Å². The van der Waals surface area contributed by atoms with E-state index < -0.39 is 0 Å². The Morgan fingerprint density at radius 1 is 0.909 bits per heavy atom. The lowest BCUT2D eigenvalue weighted by atomic mass is 10.4. The van der Waals surface area contributed by atoms with E-state index >= 15 is 0 Å². The van der Waals surface area contributed by atoms with Gasteiger partial charge in [-0.1, -0.05) is 0 Å². The van der Waals surface area contributed by atoms with Gasteiger partial charge in [-0.3, -0.25) is 0 Å². The summed E-state index contributed by atoms with van der Waals surface area (Å²) < 4.78 is 0. The lowest BCUT2D eigenvalue weighted by Crippen LogP contribution is -2.33. The lowest BCUT2D eigenvalue weighted by molar-refractivity contribution is 0.613. The standard InChI is InChI=1S/C6H17BN4/c7-11-6-5-10-4-3-9-2-1-8/h9-11H,1-6,8H2. The van der Waals surface area contributed by atoms with Crippen LogP contribution < -0.4 is 21.6 Å². The van der Waals surface area contributed by atoms with Crippen LogP contribution in [0.25, 0.3) is 0 Å². The fraction of sp³-hybridized carbons (Fsp3) is 1.00. The molecule has 0 aliphatic carbocycles. The van der Waals surface area contributed by atoms with Crippen LogP contribution in [0.2, 0.25) is 0 Å². The van der Waals surface area contributed by atoms with E-state index in [-0.39, 0.29) is 0 Å². The van der Waals surface area contributed by atoms with E-state index in [9.17, 15) is 0 Å².